The highest BCUT2D eigenvalue weighted by molar-refractivity contribution is 5.85. The Morgan fingerprint density at radius 2 is 2.00 bits per heavy atom. The molecule has 0 amide bonds. The normalized spacial score (nSPS) is 8.56. The van der Waals surface area contributed by atoms with Gasteiger partial charge in [0.15, 0.2) is 6.42 Å². The maximum Gasteiger partial charge on any atom is 0.358 e. The van der Waals surface area contributed by atoms with Crippen molar-refractivity contribution in [1.29, 1.82) is 0 Å². The molecule has 0 fully saturated rings. The molecule has 0 saturated carbocycles. The van der Waals surface area contributed by atoms with Crippen molar-refractivity contribution in [3.05, 3.63) is 6.92 Å². The van der Waals surface area contributed by atoms with Crippen LogP contribution in [0.15, 0.2) is 0 Å². The van der Waals surface area contributed by atoms with Crippen LogP contribution in [0, 0.1) is 6.92 Å². The third kappa shape index (κ3) is 3.58. The van der Waals surface area contributed by atoms with Gasteiger partial charge < -0.3 is 4.74 Å². The quantitative estimate of drug-likeness (QED) is 0.313. The molecule has 0 spiro atoms. The van der Waals surface area contributed by atoms with E-state index in [4.69, 9.17) is 0 Å². The Kier molecular flexibility index (Phi) is 3.51. The first kappa shape index (κ1) is 8.01. The molecule has 0 aliphatic rings. The summed E-state index contributed by atoms with van der Waals surface area (Å²) in [5, 5.41) is 0. The number of hydrogen-bond donors (Lipinski definition) is 0. The van der Waals surface area contributed by atoms with E-state index < -0.39 is 11.9 Å². The van der Waals surface area contributed by atoms with Crippen LogP contribution in [0.5, 0.6) is 0 Å². The first-order valence-corrected chi connectivity index (χ1v) is 2.73. The number of rotatable bonds is 2. The van der Waals surface area contributed by atoms with Crippen molar-refractivity contribution in [2.24, 2.45) is 0 Å². The van der Waals surface area contributed by atoms with Crippen molar-refractivity contribution in [3.63, 3.8) is 0 Å². The van der Waals surface area contributed by atoms with E-state index >= 15 is 0 Å². The Morgan fingerprint density at radius 3 is 2.33 bits per heavy atom. The second-order valence-corrected chi connectivity index (χ2v) is 1.45. The summed E-state index contributed by atoms with van der Waals surface area (Å²) in [5.41, 5.74) is 0. The summed E-state index contributed by atoms with van der Waals surface area (Å²) in [6.07, 6.45) is 0.234. The average Bonchev–Trinajstić information content (AvgIpc) is 1.87. The second kappa shape index (κ2) is 3.95. The van der Waals surface area contributed by atoms with Gasteiger partial charge in [0.25, 0.3) is 0 Å². The summed E-state index contributed by atoms with van der Waals surface area (Å²) in [6, 6.07) is 0. The molecule has 0 aromatic carbocycles. The van der Waals surface area contributed by atoms with Gasteiger partial charge in [-0.1, -0.05) is 6.92 Å². The van der Waals surface area contributed by atoms with E-state index in [1.54, 1.807) is 6.92 Å². The zero-order valence-corrected chi connectivity index (χ0v) is 5.35. The van der Waals surface area contributed by atoms with E-state index in [0.29, 0.717) is 0 Å². The van der Waals surface area contributed by atoms with Crippen molar-refractivity contribution in [1.82, 2.24) is 0 Å². The van der Waals surface area contributed by atoms with Gasteiger partial charge in [0, 0.05) is 6.42 Å². The fourth-order valence-corrected chi connectivity index (χ4v) is 0.250. The van der Waals surface area contributed by atoms with Crippen LogP contribution in [-0.2, 0) is 14.3 Å². The molecule has 0 unspecified atom stereocenters. The lowest BCUT2D eigenvalue weighted by atomic mass is 10.5. The summed E-state index contributed by atoms with van der Waals surface area (Å²) in [6.45, 7) is 4.87. The van der Waals surface area contributed by atoms with Gasteiger partial charge >= 0.3 is 11.9 Å². The first-order valence-electron chi connectivity index (χ1n) is 2.73. The van der Waals surface area contributed by atoms with E-state index in [1.807, 2.05) is 0 Å². The molecule has 0 bridgehead atoms. The van der Waals surface area contributed by atoms with E-state index in [9.17, 15) is 9.59 Å². The smallest absolute Gasteiger partial charge is 0.358 e. The molecule has 0 atom stereocenters. The highest BCUT2D eigenvalue weighted by Gasteiger charge is 2.06. The van der Waals surface area contributed by atoms with Crippen molar-refractivity contribution in [3.8, 4) is 0 Å². The van der Waals surface area contributed by atoms with Crippen LogP contribution in [0.1, 0.15) is 19.8 Å². The summed E-state index contributed by atoms with van der Waals surface area (Å²) < 4.78 is 4.21. The maximum atomic E-state index is 10.3. The molecule has 50 valence electrons. The van der Waals surface area contributed by atoms with Gasteiger partial charge in [-0.2, -0.15) is 0 Å². The van der Waals surface area contributed by atoms with E-state index in [0.717, 1.165) is 0 Å². The molecule has 0 aliphatic carbocycles. The van der Waals surface area contributed by atoms with Crippen LogP contribution < -0.4 is 0 Å². The maximum absolute atomic E-state index is 10.3. The van der Waals surface area contributed by atoms with Crippen LogP contribution in [0.4, 0.5) is 0 Å². The van der Waals surface area contributed by atoms with Crippen LogP contribution in [-0.4, -0.2) is 11.9 Å². The number of esters is 2. The van der Waals surface area contributed by atoms with Gasteiger partial charge in [0.2, 0.25) is 0 Å². The highest BCUT2D eigenvalue weighted by atomic mass is 16.6. The minimum absolute atomic E-state index is 0.00569. The van der Waals surface area contributed by atoms with E-state index in [1.165, 1.54) is 0 Å². The zero-order valence-electron chi connectivity index (χ0n) is 5.35. The molecule has 0 saturated heterocycles. The standard InChI is InChI=1S/C6H9O3/c1-3-5(7)9-6(8)4-2/h1,3-4H2,2H3/q+1. The number of ether oxygens (including phenoxy) is 1. The number of hydrogen-bond acceptors (Lipinski definition) is 3. The van der Waals surface area contributed by atoms with Gasteiger partial charge in [0.05, 0.1) is 6.92 Å². The fourth-order valence-electron chi connectivity index (χ4n) is 0.250. The highest BCUT2D eigenvalue weighted by Crippen LogP contribution is 1.87. The topological polar surface area (TPSA) is 43.4 Å². The molecule has 0 heterocycles. The van der Waals surface area contributed by atoms with Crippen molar-refractivity contribution >= 4 is 11.9 Å². The molecular weight excluding hydrogens is 120 g/mol. The molecule has 0 aromatic heterocycles. The van der Waals surface area contributed by atoms with Gasteiger partial charge in [-0.05, 0) is 0 Å². The molecule has 0 aromatic rings. The second-order valence-electron chi connectivity index (χ2n) is 1.45. The van der Waals surface area contributed by atoms with Crippen LogP contribution in [0.2, 0.25) is 0 Å². The monoisotopic (exact) mass is 129 g/mol. The number of carbonyl (C=O) groups excluding carboxylic acids is 2. The van der Waals surface area contributed by atoms with E-state index in [-0.39, 0.29) is 12.8 Å². The predicted molar refractivity (Wildman–Crippen MR) is 31.4 cm³/mol. The lowest BCUT2D eigenvalue weighted by molar-refractivity contribution is -0.158. The fraction of sp³-hybridized carbons (Fsp3) is 0.500. The zero-order chi connectivity index (χ0) is 7.28. The van der Waals surface area contributed by atoms with Gasteiger partial charge in [-0.25, -0.2) is 4.79 Å². The van der Waals surface area contributed by atoms with Crippen molar-refractivity contribution in [2.45, 2.75) is 19.8 Å². The molecule has 9 heavy (non-hydrogen) atoms. The summed E-state index contributed by atoms with van der Waals surface area (Å²) in [4.78, 5) is 20.6. The first-order chi connectivity index (χ1) is 4.20. The van der Waals surface area contributed by atoms with Gasteiger partial charge in [-0.15, -0.1) is 0 Å². The van der Waals surface area contributed by atoms with Gasteiger partial charge in [-0.3, -0.25) is 4.79 Å². The van der Waals surface area contributed by atoms with Crippen molar-refractivity contribution < 1.29 is 14.3 Å². The lowest BCUT2D eigenvalue weighted by Gasteiger charge is -1.93. The lowest BCUT2D eigenvalue weighted by Crippen LogP contribution is -2.09. The van der Waals surface area contributed by atoms with Crippen LogP contribution in [0.3, 0.4) is 0 Å². The third-order valence-corrected chi connectivity index (χ3v) is 0.720. The van der Waals surface area contributed by atoms with Crippen LogP contribution in [0.25, 0.3) is 0 Å². The molecule has 0 radical (unpaired) electrons. The minimum Gasteiger partial charge on any atom is -0.390 e. The van der Waals surface area contributed by atoms with Crippen molar-refractivity contribution in [2.75, 3.05) is 0 Å². The molecule has 0 N–H and O–H groups in total. The SMILES string of the molecule is [CH2+]CC(=O)OC(=O)CC. The Balaban J connectivity index is 3.47. The Morgan fingerprint density at radius 1 is 1.44 bits per heavy atom. The minimum atomic E-state index is -0.568. The average molecular weight is 129 g/mol. The van der Waals surface area contributed by atoms with Gasteiger partial charge in [0.1, 0.15) is 0 Å². The molecule has 0 rings (SSSR count). The summed E-state index contributed by atoms with van der Waals surface area (Å²) in [5.74, 6) is -1.06. The molecule has 3 nitrogen and oxygen atoms in total. The number of carbonyl (C=O) groups is 2. The Labute approximate surface area is 54.0 Å². The Hall–Kier alpha value is -0.990. The summed E-state index contributed by atoms with van der Waals surface area (Å²) in [7, 11) is 0. The summed E-state index contributed by atoms with van der Waals surface area (Å²) >= 11 is 0. The largest absolute Gasteiger partial charge is 0.390 e. The molecule has 0 aliphatic heterocycles. The molecule has 3 heteroatoms. The predicted octanol–water partition coefficient (Wildman–Crippen LogP) is 0.690. The third-order valence-electron chi connectivity index (χ3n) is 0.720. The molecular formula is C6H9O3+. The van der Waals surface area contributed by atoms with Crippen LogP contribution >= 0.6 is 0 Å². The van der Waals surface area contributed by atoms with E-state index in [2.05, 4.69) is 11.7 Å². The Bertz CT molecular complexity index is 103.